The third-order valence-corrected chi connectivity index (χ3v) is 4.62. The van der Waals surface area contributed by atoms with Crippen LogP contribution in [0.5, 0.6) is 0 Å². The maximum atomic E-state index is 7.79. The van der Waals surface area contributed by atoms with Crippen molar-refractivity contribution in [3.8, 4) is 11.3 Å². The molecule has 0 unspecified atom stereocenters. The summed E-state index contributed by atoms with van der Waals surface area (Å²) in [4.78, 5) is 0. The first-order valence-electron chi connectivity index (χ1n) is 11.2. The summed E-state index contributed by atoms with van der Waals surface area (Å²) in [6.45, 7) is 4.04. The van der Waals surface area contributed by atoms with E-state index in [9.17, 15) is 0 Å². The smallest absolute Gasteiger partial charge is 0.201 e. The lowest BCUT2D eigenvalue weighted by atomic mass is 9.80. The highest BCUT2D eigenvalue weighted by Gasteiger charge is 2.22. The molecule has 0 spiro atoms. The first-order chi connectivity index (χ1) is 13.6. The van der Waals surface area contributed by atoms with E-state index >= 15 is 0 Å². The molecule has 0 aliphatic heterocycles. The van der Waals surface area contributed by atoms with Crippen LogP contribution in [0.2, 0.25) is 0 Å². The fourth-order valence-corrected chi connectivity index (χ4v) is 3.34. The van der Waals surface area contributed by atoms with E-state index in [-0.39, 0.29) is 5.41 Å². The SMILES string of the molecule is [2H]C([2H])([2H])c1ccc2c(C)c(-c3ccc(C([2H])([2H])[2H])c[n+]3C)cc(C(C)(C)C)c2c1. The molecule has 2 aromatic carbocycles. The van der Waals surface area contributed by atoms with E-state index in [2.05, 4.69) is 26.8 Å². The average Bonchev–Trinajstić information content (AvgIpc) is 2.59. The molecule has 0 saturated heterocycles. The minimum Gasteiger partial charge on any atom is -0.201 e. The van der Waals surface area contributed by atoms with Crippen molar-refractivity contribution in [3.05, 3.63) is 64.8 Å². The summed E-state index contributed by atoms with van der Waals surface area (Å²) in [5.41, 5.74) is 4.44. The maximum absolute atomic E-state index is 7.79. The van der Waals surface area contributed by atoms with Gasteiger partial charge in [-0.05, 0) is 60.1 Å². The number of hydrogen-bond acceptors (Lipinski definition) is 0. The Morgan fingerprint density at radius 1 is 0.917 bits per heavy atom. The van der Waals surface area contributed by atoms with Crippen LogP contribution in [0.3, 0.4) is 0 Å². The Hall–Kier alpha value is -2.15. The Labute approximate surface area is 154 Å². The van der Waals surface area contributed by atoms with Gasteiger partial charge >= 0.3 is 0 Å². The zero-order chi connectivity index (χ0) is 22.6. The summed E-state index contributed by atoms with van der Waals surface area (Å²) < 4.78 is 48.2. The predicted molar refractivity (Wildman–Crippen MR) is 103 cm³/mol. The molecule has 3 rings (SSSR count). The molecule has 0 aliphatic carbocycles. The lowest BCUT2D eigenvalue weighted by Crippen LogP contribution is -2.31. The standard InChI is InChI=1S/C23H28N/c1-15-8-10-18-17(3)19(22-11-9-16(2)14-24(22)7)13-21(20(18)12-15)23(4,5)6/h8-14H,1-7H3/q+1/i1D3,2D3. The highest BCUT2D eigenvalue weighted by atomic mass is 14.9. The van der Waals surface area contributed by atoms with Crippen LogP contribution in [0.4, 0.5) is 0 Å². The second-order valence-electron chi connectivity index (χ2n) is 7.52. The number of aryl methyl sites for hydroxylation is 4. The van der Waals surface area contributed by atoms with Crippen molar-refractivity contribution in [2.24, 2.45) is 7.05 Å². The lowest BCUT2D eigenvalue weighted by Gasteiger charge is -2.24. The molecule has 0 radical (unpaired) electrons. The highest BCUT2D eigenvalue weighted by molar-refractivity contribution is 5.94. The van der Waals surface area contributed by atoms with Gasteiger partial charge in [0.05, 0.1) is 0 Å². The monoisotopic (exact) mass is 324 g/mol. The topological polar surface area (TPSA) is 3.88 Å². The number of rotatable bonds is 1. The fraction of sp³-hybridized carbons (Fsp3) is 0.348. The van der Waals surface area contributed by atoms with E-state index in [1.165, 1.54) is 0 Å². The molecule has 0 saturated carbocycles. The molecule has 0 aliphatic rings. The number of pyridine rings is 1. The Morgan fingerprint density at radius 2 is 1.62 bits per heavy atom. The normalized spacial score (nSPS) is 16.7. The first-order valence-corrected chi connectivity index (χ1v) is 8.19. The van der Waals surface area contributed by atoms with Crippen LogP contribution in [0, 0.1) is 20.6 Å². The van der Waals surface area contributed by atoms with Crippen LogP contribution in [-0.2, 0) is 12.5 Å². The average molecular weight is 325 g/mol. The molecule has 3 aromatic rings. The lowest BCUT2D eigenvalue weighted by molar-refractivity contribution is -0.660. The Balaban J connectivity index is 2.34. The molecule has 0 atom stereocenters. The number of fused-ring (bicyclic) bond motifs is 1. The van der Waals surface area contributed by atoms with Crippen molar-refractivity contribution >= 4 is 10.8 Å². The van der Waals surface area contributed by atoms with Gasteiger partial charge in [-0.1, -0.05) is 44.5 Å². The largest absolute Gasteiger partial charge is 0.212 e. The van der Waals surface area contributed by atoms with E-state index in [4.69, 9.17) is 8.22 Å². The van der Waals surface area contributed by atoms with E-state index in [0.717, 1.165) is 33.2 Å². The van der Waals surface area contributed by atoms with Crippen LogP contribution in [0.15, 0.2) is 42.6 Å². The second kappa shape index (κ2) is 5.73. The number of benzene rings is 2. The summed E-state index contributed by atoms with van der Waals surface area (Å²) in [7, 11) is 1.85. The molecular formula is C23H28N+. The van der Waals surface area contributed by atoms with Gasteiger partial charge in [-0.15, -0.1) is 0 Å². The Bertz CT molecular complexity index is 1120. The fourth-order valence-electron chi connectivity index (χ4n) is 3.34. The van der Waals surface area contributed by atoms with Gasteiger partial charge in [0.15, 0.2) is 6.20 Å². The molecule has 1 heteroatoms. The Morgan fingerprint density at radius 3 is 2.25 bits per heavy atom. The summed E-state index contributed by atoms with van der Waals surface area (Å²) in [5.74, 6) is 0. The summed E-state index contributed by atoms with van der Waals surface area (Å²) >= 11 is 0. The van der Waals surface area contributed by atoms with Gasteiger partial charge in [0.2, 0.25) is 5.69 Å². The van der Waals surface area contributed by atoms with Gasteiger partial charge in [0.1, 0.15) is 7.05 Å². The van der Waals surface area contributed by atoms with Crippen molar-refractivity contribution < 1.29 is 12.8 Å². The van der Waals surface area contributed by atoms with Gasteiger partial charge in [0.25, 0.3) is 0 Å². The Kier molecular flexibility index (Phi) is 2.55. The van der Waals surface area contributed by atoms with Crippen LogP contribution < -0.4 is 4.57 Å². The number of hydrogen-bond donors (Lipinski definition) is 0. The second-order valence-corrected chi connectivity index (χ2v) is 7.52. The van der Waals surface area contributed by atoms with Gasteiger partial charge in [-0.3, -0.25) is 0 Å². The van der Waals surface area contributed by atoms with Gasteiger partial charge < -0.3 is 0 Å². The van der Waals surface area contributed by atoms with Crippen molar-refractivity contribution in [2.75, 3.05) is 0 Å². The molecule has 0 amide bonds. The van der Waals surface area contributed by atoms with E-state index < -0.39 is 13.7 Å². The van der Waals surface area contributed by atoms with Crippen molar-refractivity contribution in [1.82, 2.24) is 0 Å². The molecule has 24 heavy (non-hydrogen) atoms. The predicted octanol–water partition coefficient (Wildman–Crippen LogP) is 5.55. The van der Waals surface area contributed by atoms with Crippen molar-refractivity contribution in [3.63, 3.8) is 0 Å². The van der Waals surface area contributed by atoms with Crippen LogP contribution in [-0.4, -0.2) is 0 Å². The first kappa shape index (κ1) is 10.7. The van der Waals surface area contributed by atoms with Crippen LogP contribution >= 0.6 is 0 Å². The molecule has 0 fully saturated rings. The molecule has 0 N–H and O–H groups in total. The molecule has 1 aromatic heterocycles. The summed E-state index contributed by atoms with van der Waals surface area (Å²) in [6, 6.07) is 11.0. The third kappa shape index (κ3) is 2.84. The molecule has 0 bridgehead atoms. The van der Waals surface area contributed by atoms with Crippen LogP contribution in [0.1, 0.15) is 51.2 Å². The van der Waals surface area contributed by atoms with E-state index in [1.807, 2.05) is 30.7 Å². The molecule has 1 nitrogen and oxygen atoms in total. The zero-order valence-electron chi connectivity index (χ0n) is 21.0. The maximum Gasteiger partial charge on any atom is 0.212 e. The quantitative estimate of drug-likeness (QED) is 0.516. The number of aromatic nitrogens is 1. The third-order valence-electron chi connectivity index (χ3n) is 4.62. The van der Waals surface area contributed by atoms with E-state index in [0.29, 0.717) is 11.1 Å². The van der Waals surface area contributed by atoms with Gasteiger partial charge in [-0.25, -0.2) is 4.57 Å². The summed E-state index contributed by atoms with van der Waals surface area (Å²) in [6.07, 6.45) is 1.65. The van der Waals surface area contributed by atoms with E-state index in [1.54, 1.807) is 24.4 Å². The van der Waals surface area contributed by atoms with Crippen LogP contribution in [0.25, 0.3) is 22.0 Å². The van der Waals surface area contributed by atoms with Gasteiger partial charge in [-0.2, -0.15) is 0 Å². The molecule has 124 valence electrons. The number of nitrogens with zero attached hydrogens (tertiary/aromatic N) is 1. The molecule has 1 heterocycles. The molecular weight excluding hydrogens is 290 g/mol. The minimum absolute atomic E-state index is 0.203. The zero-order valence-corrected chi connectivity index (χ0v) is 15.0. The minimum atomic E-state index is -2.16. The highest BCUT2D eigenvalue weighted by Crippen LogP contribution is 2.37. The van der Waals surface area contributed by atoms with Gasteiger partial charge in [0, 0.05) is 25.4 Å². The van der Waals surface area contributed by atoms with Crippen molar-refractivity contribution in [1.29, 1.82) is 0 Å². The summed E-state index contributed by atoms with van der Waals surface area (Å²) in [5, 5.41) is 1.95. The van der Waals surface area contributed by atoms with Crippen molar-refractivity contribution in [2.45, 2.75) is 46.8 Å².